The van der Waals surface area contributed by atoms with E-state index in [1.54, 1.807) is 109 Å². The molecule has 0 fully saturated rings. The molecule has 0 saturated carbocycles. The van der Waals surface area contributed by atoms with E-state index in [-0.39, 0.29) is 136 Å². The van der Waals surface area contributed by atoms with E-state index in [2.05, 4.69) is 0 Å². The lowest BCUT2D eigenvalue weighted by atomic mass is 10.1. The van der Waals surface area contributed by atoms with Crippen molar-refractivity contribution in [3.05, 3.63) is 322 Å². The molecule has 6 aromatic heterocycles. The summed E-state index contributed by atoms with van der Waals surface area (Å²) in [5.74, 6) is -4.57. The molecule has 29 nitrogen and oxygen atoms in total. The highest BCUT2D eigenvalue weighted by Gasteiger charge is 2.23. The van der Waals surface area contributed by atoms with E-state index in [0.717, 1.165) is 6.07 Å². The van der Waals surface area contributed by atoms with Gasteiger partial charge >= 0.3 is 0 Å². The molecule has 0 spiro atoms. The Morgan fingerprint density at radius 2 is 0.378 bits per heavy atom. The fourth-order valence-corrected chi connectivity index (χ4v) is 11.9. The lowest BCUT2D eigenvalue weighted by molar-refractivity contribution is 0.403. The summed E-state index contributed by atoms with van der Waals surface area (Å²) in [4.78, 5) is 72.3. The molecule has 594 valence electrons. The molecule has 119 heavy (non-hydrogen) atoms. The lowest BCUT2D eigenvalue weighted by Crippen LogP contribution is -2.02. The Hall–Kier alpha value is -17.5. The molecule has 0 radical (unpaired) electrons. The smallest absolute Gasteiger partial charge is 0.235 e. The molecule has 0 aliphatic heterocycles. The Labute approximate surface area is 663 Å². The largest absolute Gasteiger partial charge is 0.508 e. The first-order valence-electron chi connectivity index (χ1n) is 34.9. The highest BCUT2D eigenvalue weighted by Crippen LogP contribution is 2.41. The number of phenolic OH excluding ortho intramolecular Hbond substituents is 11. The Balaban J connectivity index is 0.000000124. The predicted molar refractivity (Wildman–Crippen MR) is 436 cm³/mol. The SMILES string of the molecule is O=c1c(O)c(-c2ccc(O)c(O)c2)oc2cc(O)ccc12.O=c1c(O)c(-c2ccc(O)c(O)c2)oc2ccccc12.O=c1c(O)c(-c2ccc(O)cc2)oc2cc(O)ccc12.O=c1c(O)c(-c2ccc(O)cc2)oc2ccccc12.O=c1c(O)c(-c2cccc(O)c2)oc2cc(O)ccc12.O=c1c(O)c(-c2cccc(O)c2)oc2ccccc12. The maximum atomic E-state index is 12.1. The van der Waals surface area contributed by atoms with Crippen LogP contribution < -0.4 is 32.6 Å². The normalized spacial score (nSPS) is 10.8. The van der Waals surface area contributed by atoms with Crippen molar-refractivity contribution in [2.75, 3.05) is 0 Å². The summed E-state index contributed by atoms with van der Waals surface area (Å²) in [5.41, 5.74) is 0.534. The number of aromatic hydroxyl groups is 17. The summed E-state index contributed by atoms with van der Waals surface area (Å²) in [6, 6.07) is 63.6. The molecule has 0 aliphatic rings. The van der Waals surface area contributed by atoms with Gasteiger partial charge in [0.25, 0.3) is 0 Å². The van der Waals surface area contributed by atoms with Crippen molar-refractivity contribution >= 4 is 65.8 Å². The van der Waals surface area contributed by atoms with Gasteiger partial charge in [-0.3, -0.25) is 28.8 Å². The van der Waals surface area contributed by atoms with E-state index in [0.29, 0.717) is 55.3 Å². The highest BCUT2D eigenvalue weighted by atomic mass is 16.4. The zero-order valence-corrected chi connectivity index (χ0v) is 60.8. The molecular formula is C90H60O29. The molecule has 0 aliphatic carbocycles. The summed E-state index contributed by atoms with van der Waals surface area (Å²) in [6.45, 7) is 0. The van der Waals surface area contributed by atoms with Crippen LogP contribution in [0.1, 0.15) is 0 Å². The van der Waals surface area contributed by atoms with E-state index in [9.17, 15) is 116 Å². The topological polar surface area (TPSA) is 525 Å². The van der Waals surface area contributed by atoms with Crippen molar-refractivity contribution in [1.29, 1.82) is 0 Å². The summed E-state index contributed by atoms with van der Waals surface area (Å²) in [6.07, 6.45) is 0. The van der Waals surface area contributed by atoms with Gasteiger partial charge in [-0.15, -0.1) is 0 Å². The average molecular weight is 1610 g/mol. The Kier molecular flexibility index (Phi) is 22.4. The molecule has 29 heteroatoms. The Morgan fingerprint density at radius 3 is 0.647 bits per heavy atom. The van der Waals surface area contributed by atoms with Gasteiger partial charge in [-0.05, 0) is 182 Å². The number of fused-ring (bicyclic) bond motifs is 6. The van der Waals surface area contributed by atoms with E-state index < -0.39 is 72.8 Å². The summed E-state index contributed by atoms with van der Waals surface area (Å²) >= 11 is 0. The van der Waals surface area contributed by atoms with Crippen LogP contribution in [0.4, 0.5) is 0 Å². The van der Waals surface area contributed by atoms with Crippen LogP contribution in [0, 0.1) is 0 Å². The minimum atomic E-state index is -0.654. The minimum Gasteiger partial charge on any atom is -0.508 e. The maximum absolute atomic E-state index is 12.1. The highest BCUT2D eigenvalue weighted by molar-refractivity contribution is 5.88. The number of benzene rings is 12. The first kappa shape index (κ1) is 79.6. The van der Waals surface area contributed by atoms with Crippen LogP contribution in [-0.4, -0.2) is 86.8 Å². The van der Waals surface area contributed by atoms with Crippen LogP contribution in [0.5, 0.6) is 97.7 Å². The number of hydrogen-bond acceptors (Lipinski definition) is 29. The maximum Gasteiger partial charge on any atom is 0.235 e. The van der Waals surface area contributed by atoms with Crippen molar-refractivity contribution in [2.24, 2.45) is 0 Å². The van der Waals surface area contributed by atoms with Crippen molar-refractivity contribution in [3.63, 3.8) is 0 Å². The lowest BCUT2D eigenvalue weighted by Gasteiger charge is -2.07. The van der Waals surface area contributed by atoms with Gasteiger partial charge in [0.1, 0.15) is 73.7 Å². The third kappa shape index (κ3) is 16.9. The zero-order valence-electron chi connectivity index (χ0n) is 60.8. The monoisotopic (exact) mass is 1600 g/mol. The van der Waals surface area contributed by atoms with Gasteiger partial charge in [-0.25, -0.2) is 0 Å². The number of para-hydroxylation sites is 3. The first-order valence-corrected chi connectivity index (χ1v) is 34.9. The van der Waals surface area contributed by atoms with Gasteiger partial charge < -0.3 is 113 Å². The first-order chi connectivity index (χ1) is 57.0. The number of phenols is 11. The molecule has 6 heterocycles. The summed E-state index contributed by atoms with van der Waals surface area (Å²) in [5, 5.41) is 164. The van der Waals surface area contributed by atoms with Crippen molar-refractivity contribution in [3.8, 4) is 166 Å². The second kappa shape index (κ2) is 33.4. The fraction of sp³-hybridized carbons (Fsp3) is 0. The van der Waals surface area contributed by atoms with E-state index in [1.165, 1.54) is 146 Å². The Morgan fingerprint density at radius 1 is 0.160 bits per heavy atom. The van der Waals surface area contributed by atoms with Crippen LogP contribution in [0.15, 0.2) is 316 Å². The quantitative estimate of drug-likeness (QED) is 0.0688. The number of hydrogen-bond donors (Lipinski definition) is 17. The van der Waals surface area contributed by atoms with E-state index >= 15 is 0 Å². The molecule has 18 aromatic rings. The van der Waals surface area contributed by atoms with Gasteiger partial charge in [-0.1, -0.05) is 60.7 Å². The fourth-order valence-electron chi connectivity index (χ4n) is 11.9. The second-order valence-corrected chi connectivity index (χ2v) is 25.8. The van der Waals surface area contributed by atoms with Crippen molar-refractivity contribution in [2.45, 2.75) is 0 Å². The third-order valence-corrected chi connectivity index (χ3v) is 17.8. The predicted octanol–water partition coefficient (Wildman–Crippen LogP) is 15.8. The molecule has 17 N–H and O–H groups in total. The Bertz CT molecular complexity index is 7360. The molecular weight excluding hydrogens is 1540 g/mol. The summed E-state index contributed by atoms with van der Waals surface area (Å²) < 4.78 is 33.0. The van der Waals surface area contributed by atoms with Gasteiger partial charge in [0, 0.05) is 51.6 Å². The van der Waals surface area contributed by atoms with Crippen LogP contribution in [-0.2, 0) is 0 Å². The van der Waals surface area contributed by atoms with Crippen LogP contribution >= 0.6 is 0 Å². The second-order valence-electron chi connectivity index (χ2n) is 25.8. The van der Waals surface area contributed by atoms with E-state index in [1.807, 2.05) is 0 Å². The van der Waals surface area contributed by atoms with Gasteiger partial charge in [0.2, 0.25) is 67.1 Å². The van der Waals surface area contributed by atoms with Crippen molar-refractivity contribution < 1.29 is 113 Å². The van der Waals surface area contributed by atoms with Crippen LogP contribution in [0.3, 0.4) is 0 Å². The third-order valence-electron chi connectivity index (χ3n) is 17.8. The minimum absolute atomic E-state index is 0.00639. The molecule has 0 bridgehead atoms. The molecule has 0 atom stereocenters. The molecule has 12 aromatic carbocycles. The number of rotatable bonds is 6. The van der Waals surface area contributed by atoms with Crippen LogP contribution in [0.25, 0.3) is 134 Å². The van der Waals surface area contributed by atoms with Gasteiger partial charge in [-0.2, -0.15) is 0 Å². The van der Waals surface area contributed by atoms with Crippen molar-refractivity contribution in [1.82, 2.24) is 0 Å². The van der Waals surface area contributed by atoms with Gasteiger partial charge in [0.15, 0.2) is 57.6 Å². The van der Waals surface area contributed by atoms with Crippen LogP contribution in [0.2, 0.25) is 0 Å². The molecule has 18 rings (SSSR count). The molecule has 0 amide bonds. The standard InChI is InChI=1S/C15H10O6.3C15H10O5.2C15H10O4/c16-8-2-3-9-12(6-8)21-15(14(20)13(9)19)7-1-4-10(17)11(18)5-7;16-9-3-1-8(2-4-9)15-14(19)13(18)11-6-5-10(17)7-12(11)20-15;16-9-3-1-2-8(6-9)15-14(19)13(18)11-5-4-10(17)7-12(11)20-15;16-10-6-5-8(7-11(10)17)15-14(19)13(18)9-3-1-2-4-12(9)20-15;16-10-5-3-4-9(8-10)15-14(18)13(17)11-6-1-2-7-12(11)19-15;16-10-7-5-9(6-8-10)15-14(18)13(17)11-3-1-2-4-12(11)19-15/h1-6,16-18,20H;3*1-7,16-17,19H;2*1-8,16,18H. The van der Waals surface area contributed by atoms with Gasteiger partial charge in [0.05, 0.1) is 32.3 Å². The average Bonchev–Trinajstić information content (AvgIpc) is 0.807. The molecule has 0 unspecified atom stereocenters. The zero-order chi connectivity index (χ0) is 84.8. The van der Waals surface area contributed by atoms with E-state index in [4.69, 9.17) is 26.5 Å². The molecule has 0 saturated heterocycles. The summed E-state index contributed by atoms with van der Waals surface area (Å²) in [7, 11) is 0.